The normalized spacial score (nSPS) is 14.2. The molecule has 1 fully saturated rings. The number of aliphatic hydroxyl groups excluding tert-OH is 1. The zero-order chi connectivity index (χ0) is 25.3. The highest BCUT2D eigenvalue weighted by atomic mass is 16.5. The van der Waals surface area contributed by atoms with E-state index in [4.69, 9.17) is 9.47 Å². The van der Waals surface area contributed by atoms with E-state index < -0.39 is 0 Å². The van der Waals surface area contributed by atoms with E-state index in [1.165, 1.54) is 12.0 Å². The van der Waals surface area contributed by atoms with Crippen molar-refractivity contribution in [1.82, 2.24) is 15.0 Å². The van der Waals surface area contributed by atoms with Crippen molar-refractivity contribution in [2.45, 2.75) is 32.3 Å². The van der Waals surface area contributed by atoms with Crippen molar-refractivity contribution in [1.29, 1.82) is 5.26 Å². The summed E-state index contributed by atoms with van der Waals surface area (Å²) in [5, 5.41) is 19.0. The Morgan fingerprint density at radius 2 is 1.92 bits per heavy atom. The van der Waals surface area contributed by atoms with Gasteiger partial charge in [-0.3, -0.25) is 0 Å². The average Bonchev–Trinajstić information content (AvgIpc) is 2.94. The molecule has 0 radical (unpaired) electrons. The SMILES string of the molecule is CCCC(CCO)Oc1ccc(-c2ncnc(N(C)c3ccc(N4CCOCC4)cc3)n2)cc1C#N. The molecule has 0 saturated carbocycles. The van der Waals surface area contributed by atoms with Crippen molar-refractivity contribution in [3.8, 4) is 23.2 Å². The highest BCUT2D eigenvalue weighted by Crippen LogP contribution is 2.28. The summed E-state index contributed by atoms with van der Waals surface area (Å²) in [4.78, 5) is 17.6. The van der Waals surface area contributed by atoms with Gasteiger partial charge in [-0.25, -0.2) is 9.97 Å². The number of aromatic nitrogens is 3. The van der Waals surface area contributed by atoms with Crippen LogP contribution in [0.4, 0.5) is 17.3 Å². The van der Waals surface area contributed by atoms with Gasteiger partial charge in [-0.15, -0.1) is 0 Å². The van der Waals surface area contributed by atoms with Gasteiger partial charge in [-0.2, -0.15) is 10.2 Å². The van der Waals surface area contributed by atoms with Crippen molar-refractivity contribution >= 4 is 17.3 Å². The number of nitriles is 1. The minimum absolute atomic E-state index is 0.0434. The lowest BCUT2D eigenvalue weighted by Crippen LogP contribution is -2.36. The van der Waals surface area contributed by atoms with Crippen LogP contribution in [0.25, 0.3) is 11.4 Å². The Morgan fingerprint density at radius 3 is 2.61 bits per heavy atom. The molecule has 1 aromatic heterocycles. The van der Waals surface area contributed by atoms with Gasteiger partial charge in [-0.05, 0) is 48.9 Å². The number of nitrogens with zero attached hydrogens (tertiary/aromatic N) is 6. The van der Waals surface area contributed by atoms with Crippen LogP contribution >= 0.6 is 0 Å². The van der Waals surface area contributed by atoms with E-state index in [9.17, 15) is 10.4 Å². The van der Waals surface area contributed by atoms with Gasteiger partial charge in [0.15, 0.2) is 5.82 Å². The summed E-state index contributed by atoms with van der Waals surface area (Å²) >= 11 is 0. The van der Waals surface area contributed by atoms with E-state index in [-0.39, 0.29) is 12.7 Å². The van der Waals surface area contributed by atoms with Gasteiger partial charge in [0, 0.05) is 50.1 Å². The smallest absolute Gasteiger partial charge is 0.233 e. The molecule has 188 valence electrons. The number of morpholine rings is 1. The molecule has 1 aliphatic heterocycles. The fourth-order valence-corrected chi connectivity index (χ4v) is 4.18. The Morgan fingerprint density at radius 1 is 1.14 bits per heavy atom. The van der Waals surface area contributed by atoms with Crippen LogP contribution in [-0.2, 0) is 4.74 Å². The van der Waals surface area contributed by atoms with E-state index in [0.717, 1.165) is 44.8 Å². The molecular weight excluding hydrogens is 456 g/mol. The van der Waals surface area contributed by atoms with Crippen LogP contribution < -0.4 is 14.5 Å². The Labute approximate surface area is 212 Å². The Balaban J connectivity index is 1.52. The number of hydrogen-bond donors (Lipinski definition) is 1. The molecule has 9 heteroatoms. The monoisotopic (exact) mass is 488 g/mol. The minimum atomic E-state index is -0.134. The van der Waals surface area contributed by atoms with Gasteiger partial charge < -0.3 is 24.4 Å². The van der Waals surface area contributed by atoms with Crippen molar-refractivity contribution in [2.24, 2.45) is 0 Å². The molecule has 1 atom stereocenters. The molecule has 4 rings (SSSR count). The second kappa shape index (κ2) is 12.3. The van der Waals surface area contributed by atoms with Crippen molar-refractivity contribution in [3.63, 3.8) is 0 Å². The number of ether oxygens (including phenoxy) is 2. The summed E-state index contributed by atoms with van der Waals surface area (Å²) in [7, 11) is 1.91. The van der Waals surface area contributed by atoms with Crippen LogP contribution in [0.15, 0.2) is 48.8 Å². The van der Waals surface area contributed by atoms with Crippen molar-refractivity contribution < 1.29 is 14.6 Å². The molecular formula is C27H32N6O3. The lowest BCUT2D eigenvalue weighted by Gasteiger charge is -2.29. The Hall–Kier alpha value is -3.74. The number of hydrogen-bond acceptors (Lipinski definition) is 9. The number of aliphatic hydroxyl groups is 1. The molecule has 9 nitrogen and oxygen atoms in total. The average molecular weight is 489 g/mol. The van der Waals surface area contributed by atoms with Crippen molar-refractivity contribution in [3.05, 3.63) is 54.4 Å². The third-order valence-corrected chi connectivity index (χ3v) is 6.19. The van der Waals surface area contributed by atoms with Crippen molar-refractivity contribution in [2.75, 3.05) is 49.8 Å². The number of rotatable bonds is 10. The van der Waals surface area contributed by atoms with Crippen LogP contribution in [0.5, 0.6) is 5.75 Å². The maximum atomic E-state index is 9.72. The summed E-state index contributed by atoms with van der Waals surface area (Å²) in [6.45, 7) is 5.38. The van der Waals surface area contributed by atoms with Crippen LogP contribution in [-0.4, -0.2) is 66.1 Å². The maximum absolute atomic E-state index is 9.72. The minimum Gasteiger partial charge on any atom is -0.489 e. The summed E-state index contributed by atoms with van der Waals surface area (Å²) in [6.07, 6.45) is 3.61. The molecule has 1 saturated heterocycles. The molecule has 1 unspecified atom stereocenters. The topological polar surface area (TPSA) is 108 Å². The molecule has 2 heterocycles. The van der Waals surface area contributed by atoms with E-state index in [0.29, 0.717) is 35.1 Å². The summed E-state index contributed by atoms with van der Waals surface area (Å²) in [5.41, 5.74) is 3.23. The fourth-order valence-electron chi connectivity index (χ4n) is 4.18. The highest BCUT2D eigenvalue weighted by Gasteiger charge is 2.16. The zero-order valence-electron chi connectivity index (χ0n) is 20.8. The second-order valence-electron chi connectivity index (χ2n) is 8.65. The van der Waals surface area contributed by atoms with Gasteiger partial charge in [0.05, 0.1) is 18.8 Å². The first-order valence-corrected chi connectivity index (χ1v) is 12.3. The maximum Gasteiger partial charge on any atom is 0.233 e. The van der Waals surface area contributed by atoms with E-state index in [2.05, 4.69) is 45.0 Å². The molecule has 0 aliphatic carbocycles. The van der Waals surface area contributed by atoms with E-state index >= 15 is 0 Å². The fraction of sp³-hybridized carbons (Fsp3) is 0.407. The molecule has 1 N–H and O–H groups in total. The molecule has 0 bridgehead atoms. The summed E-state index contributed by atoms with van der Waals surface area (Å²) in [6, 6.07) is 15.8. The van der Waals surface area contributed by atoms with Gasteiger partial charge in [0.1, 0.15) is 24.3 Å². The quantitative estimate of drug-likeness (QED) is 0.454. The standard InChI is InChI=1S/C27H32N6O3/c1-3-4-24(11-14-34)36-25-10-5-20(17-21(25)18-28)26-29-19-30-27(31-26)32(2)22-6-8-23(9-7-22)33-12-15-35-16-13-33/h5-10,17,19,24,34H,3-4,11-16H2,1-2H3. The third kappa shape index (κ3) is 6.08. The predicted molar refractivity (Wildman–Crippen MR) is 139 cm³/mol. The molecule has 0 amide bonds. The van der Waals surface area contributed by atoms with E-state index in [1.807, 2.05) is 30.1 Å². The van der Waals surface area contributed by atoms with Gasteiger partial charge in [0.25, 0.3) is 0 Å². The predicted octanol–water partition coefficient (Wildman–Crippen LogP) is 3.94. The summed E-state index contributed by atoms with van der Waals surface area (Å²) in [5.74, 6) is 1.48. The summed E-state index contributed by atoms with van der Waals surface area (Å²) < 4.78 is 11.5. The van der Waals surface area contributed by atoms with Gasteiger partial charge in [0.2, 0.25) is 5.95 Å². The Kier molecular flexibility index (Phi) is 8.66. The van der Waals surface area contributed by atoms with Crippen LogP contribution in [0, 0.1) is 11.3 Å². The third-order valence-electron chi connectivity index (χ3n) is 6.19. The van der Waals surface area contributed by atoms with Crippen LogP contribution in [0.1, 0.15) is 31.7 Å². The molecule has 1 aliphatic rings. The zero-order valence-corrected chi connectivity index (χ0v) is 20.8. The lowest BCUT2D eigenvalue weighted by atomic mass is 10.1. The van der Waals surface area contributed by atoms with Crippen LogP contribution in [0.2, 0.25) is 0 Å². The van der Waals surface area contributed by atoms with Gasteiger partial charge >= 0.3 is 0 Å². The first kappa shape index (κ1) is 25.4. The molecule has 2 aromatic carbocycles. The molecule has 0 spiro atoms. The Bertz CT molecular complexity index is 1170. The number of benzene rings is 2. The first-order chi connectivity index (χ1) is 17.6. The number of anilines is 3. The van der Waals surface area contributed by atoms with E-state index in [1.54, 1.807) is 12.1 Å². The lowest BCUT2D eigenvalue weighted by molar-refractivity contribution is 0.122. The highest BCUT2D eigenvalue weighted by molar-refractivity contribution is 5.65. The molecule has 3 aromatic rings. The largest absolute Gasteiger partial charge is 0.489 e. The second-order valence-corrected chi connectivity index (χ2v) is 8.65. The van der Waals surface area contributed by atoms with Crippen LogP contribution in [0.3, 0.4) is 0 Å². The van der Waals surface area contributed by atoms with Gasteiger partial charge in [-0.1, -0.05) is 13.3 Å². The first-order valence-electron chi connectivity index (χ1n) is 12.3. The molecule has 36 heavy (non-hydrogen) atoms.